The van der Waals surface area contributed by atoms with Crippen LogP contribution in [0.4, 0.5) is 0 Å². The number of phosphoric acid groups is 1. The molecule has 0 bridgehead atoms. The summed E-state index contributed by atoms with van der Waals surface area (Å²) in [5.41, 5.74) is 0. The van der Waals surface area contributed by atoms with Gasteiger partial charge in [0.25, 0.3) is 0 Å². The van der Waals surface area contributed by atoms with Crippen LogP contribution >= 0.6 is 7.82 Å². The van der Waals surface area contributed by atoms with E-state index in [9.17, 15) is 19.0 Å². The molecule has 0 aliphatic heterocycles. The van der Waals surface area contributed by atoms with E-state index in [1.54, 1.807) is 0 Å². The summed E-state index contributed by atoms with van der Waals surface area (Å²) < 4.78 is 30.6. The number of rotatable bonds is 53. The Morgan fingerprint density at radius 1 is 0.493 bits per heavy atom. The van der Waals surface area contributed by atoms with Gasteiger partial charge in [0.05, 0.1) is 33.8 Å². The van der Waals surface area contributed by atoms with E-state index in [0.717, 1.165) is 103 Å². The van der Waals surface area contributed by atoms with Gasteiger partial charge in [-0.1, -0.05) is 241 Å². The molecule has 0 saturated heterocycles. The quantitative estimate of drug-likeness (QED) is 0.0205. The number of hydrogen-bond acceptors (Lipinski definition) is 6. The fourth-order valence-corrected chi connectivity index (χ4v) is 8.97. The van der Waals surface area contributed by atoms with Crippen molar-refractivity contribution in [3.05, 3.63) is 85.1 Å². The first-order chi connectivity index (χ1) is 35.4. The van der Waals surface area contributed by atoms with E-state index in [1.165, 1.54) is 109 Å². The first-order valence-corrected chi connectivity index (χ1v) is 31.4. The molecule has 3 unspecified atom stereocenters. The summed E-state index contributed by atoms with van der Waals surface area (Å²) in [4.78, 5) is 37.6. The number of amides is 1. The maximum Gasteiger partial charge on any atom is 0.472 e. The Balaban J connectivity index is 5.26. The van der Waals surface area contributed by atoms with Crippen LogP contribution in [0.3, 0.4) is 0 Å². The number of carbonyl (C=O) groups excluding carboxylic acids is 2. The van der Waals surface area contributed by atoms with Gasteiger partial charge < -0.3 is 19.4 Å². The predicted molar refractivity (Wildman–Crippen MR) is 314 cm³/mol. The molecule has 0 aromatic rings. The Labute approximate surface area is 450 Å². The zero-order valence-electron chi connectivity index (χ0n) is 48.1. The van der Waals surface area contributed by atoms with Crippen LogP contribution in [-0.4, -0.2) is 74.3 Å². The van der Waals surface area contributed by atoms with E-state index in [4.69, 9.17) is 13.8 Å². The first kappa shape index (κ1) is 70.2. The molecule has 0 heterocycles. The highest BCUT2D eigenvalue weighted by molar-refractivity contribution is 7.47. The number of hydrogen-bond donors (Lipinski definition) is 2. The van der Waals surface area contributed by atoms with Crippen LogP contribution in [0.5, 0.6) is 0 Å². The van der Waals surface area contributed by atoms with Crippen LogP contribution in [0, 0.1) is 0 Å². The summed E-state index contributed by atoms with van der Waals surface area (Å²) in [7, 11) is 1.47. The highest BCUT2D eigenvalue weighted by Gasteiger charge is 2.30. The zero-order chi connectivity index (χ0) is 53.6. The van der Waals surface area contributed by atoms with Crippen molar-refractivity contribution >= 4 is 19.7 Å². The maximum atomic E-state index is 13.5. The highest BCUT2D eigenvalue weighted by Crippen LogP contribution is 2.43. The summed E-state index contributed by atoms with van der Waals surface area (Å²) in [6, 6.07) is -0.863. The molecule has 0 rings (SSSR count). The lowest BCUT2D eigenvalue weighted by Crippen LogP contribution is -2.47. The minimum atomic E-state index is -4.45. The molecule has 0 aromatic heterocycles. The standard InChI is InChI=1S/C63H113N2O7P/c1-7-10-13-16-19-22-25-27-28-29-30-31-32-33-34-35-36-38-40-43-46-49-52-55-62(66)64-60(59-71-73(68,69)70-58-57-65(4,5)6)61(54-51-48-45-42-39-24-21-18-15-12-9-3)72-63(67)56-53-50-47-44-41-37-26-23-20-17-14-11-8-2/h10,13,19,22,27-28,30-31,33-34,36,38,51,54,60-61H,7-9,11-12,14-18,20-21,23-26,29,32,35,37,39-50,52-53,55-59H2,1-6H3,(H-,64,66,68,69)/p+1/b13-10-,22-19-,28-27-,31-30-,34-33-,38-36-,54-51-. The van der Waals surface area contributed by atoms with Gasteiger partial charge in [-0.05, 0) is 83.1 Å². The molecule has 0 spiro atoms. The van der Waals surface area contributed by atoms with Gasteiger partial charge in [-0.3, -0.25) is 18.6 Å². The normalized spacial score (nSPS) is 14.3. The van der Waals surface area contributed by atoms with Gasteiger partial charge in [0.15, 0.2) is 0 Å². The second-order valence-electron chi connectivity index (χ2n) is 21.1. The number of ether oxygens (including phenoxy) is 1. The van der Waals surface area contributed by atoms with Crippen LogP contribution in [0.15, 0.2) is 85.1 Å². The molecule has 10 heteroatoms. The van der Waals surface area contributed by atoms with Crippen molar-refractivity contribution in [2.75, 3.05) is 40.9 Å². The smallest absolute Gasteiger partial charge is 0.456 e. The first-order valence-electron chi connectivity index (χ1n) is 29.9. The summed E-state index contributed by atoms with van der Waals surface area (Å²) in [5.74, 6) is -0.535. The van der Waals surface area contributed by atoms with Crippen LogP contribution in [-0.2, 0) is 27.9 Å². The van der Waals surface area contributed by atoms with Crippen molar-refractivity contribution in [1.82, 2.24) is 5.32 Å². The third-order valence-electron chi connectivity index (χ3n) is 12.8. The molecule has 3 atom stereocenters. The van der Waals surface area contributed by atoms with Crippen molar-refractivity contribution in [3.8, 4) is 0 Å². The van der Waals surface area contributed by atoms with Crippen molar-refractivity contribution in [2.45, 2.75) is 264 Å². The van der Waals surface area contributed by atoms with Gasteiger partial charge in [-0.25, -0.2) is 4.57 Å². The van der Waals surface area contributed by atoms with Gasteiger partial charge in [-0.2, -0.15) is 0 Å². The summed E-state index contributed by atoms with van der Waals surface area (Å²) in [6.07, 6.45) is 68.6. The molecular formula is C63H114N2O7P+. The summed E-state index contributed by atoms with van der Waals surface area (Å²) in [6.45, 7) is 6.87. The minimum absolute atomic E-state index is 0.0323. The zero-order valence-corrected chi connectivity index (χ0v) is 49.0. The lowest BCUT2D eigenvalue weighted by molar-refractivity contribution is -0.870. The van der Waals surface area contributed by atoms with Gasteiger partial charge >= 0.3 is 13.8 Å². The summed E-state index contributed by atoms with van der Waals surface area (Å²) in [5, 5.41) is 3.04. The molecule has 0 aromatic carbocycles. The second kappa shape index (κ2) is 52.6. The molecule has 9 nitrogen and oxygen atoms in total. The van der Waals surface area contributed by atoms with Crippen molar-refractivity contribution < 1.29 is 37.3 Å². The lowest BCUT2D eigenvalue weighted by atomic mass is 10.0. The number of quaternary nitrogens is 1. The number of nitrogens with zero attached hydrogens (tertiary/aromatic N) is 1. The lowest BCUT2D eigenvalue weighted by Gasteiger charge is -2.27. The van der Waals surface area contributed by atoms with Gasteiger partial charge in [0.2, 0.25) is 5.91 Å². The molecule has 0 aliphatic rings. The topological polar surface area (TPSA) is 111 Å². The molecule has 0 fully saturated rings. The number of unbranched alkanes of at least 4 members (excludes halogenated alkanes) is 25. The van der Waals surface area contributed by atoms with E-state index < -0.39 is 20.0 Å². The Morgan fingerprint density at radius 2 is 0.877 bits per heavy atom. The van der Waals surface area contributed by atoms with Gasteiger partial charge in [0.1, 0.15) is 19.3 Å². The number of allylic oxidation sites excluding steroid dienone is 13. The predicted octanol–water partition coefficient (Wildman–Crippen LogP) is 18.2. The third-order valence-corrected chi connectivity index (χ3v) is 13.8. The molecule has 1 amide bonds. The molecule has 2 N–H and O–H groups in total. The average molecular weight is 1040 g/mol. The van der Waals surface area contributed by atoms with Crippen LogP contribution in [0.1, 0.15) is 252 Å². The Morgan fingerprint density at radius 3 is 1.32 bits per heavy atom. The largest absolute Gasteiger partial charge is 0.472 e. The number of carbonyl (C=O) groups is 2. The van der Waals surface area contributed by atoms with Crippen molar-refractivity contribution in [1.29, 1.82) is 0 Å². The van der Waals surface area contributed by atoms with Crippen LogP contribution < -0.4 is 5.32 Å². The van der Waals surface area contributed by atoms with E-state index >= 15 is 0 Å². The Kier molecular flexibility index (Phi) is 50.6. The van der Waals surface area contributed by atoms with E-state index in [-0.39, 0.29) is 31.5 Å². The number of nitrogens with one attached hydrogen (secondary N) is 1. The number of likely N-dealkylation sites (N-methyl/N-ethyl adjacent to an activating group) is 1. The molecule has 422 valence electrons. The van der Waals surface area contributed by atoms with Gasteiger partial charge in [-0.15, -0.1) is 0 Å². The number of esters is 1. The second-order valence-corrected chi connectivity index (χ2v) is 22.6. The average Bonchev–Trinajstić information content (AvgIpc) is 3.35. The van der Waals surface area contributed by atoms with E-state index in [2.05, 4.69) is 99.0 Å². The van der Waals surface area contributed by atoms with Crippen LogP contribution in [0.2, 0.25) is 0 Å². The third kappa shape index (κ3) is 53.8. The Bertz CT molecular complexity index is 1530. The fraction of sp³-hybridized carbons (Fsp3) is 0.746. The monoisotopic (exact) mass is 1040 g/mol. The van der Waals surface area contributed by atoms with E-state index in [0.29, 0.717) is 23.9 Å². The van der Waals surface area contributed by atoms with Gasteiger partial charge in [0, 0.05) is 12.8 Å². The Hall–Kier alpha value is -2.81. The highest BCUT2D eigenvalue weighted by atomic mass is 31.2. The minimum Gasteiger partial charge on any atom is -0.456 e. The SMILES string of the molecule is CC/C=C\C/C=C\C/C=C\C/C=C\C/C=C\C/C=C\CCCCCCC(=O)NC(COP(=O)(O)OCC[N+](C)(C)C)C(/C=C\CCCCCCCCCCC)OC(=O)CCCCCCCCCCCCCCC. The summed E-state index contributed by atoms with van der Waals surface area (Å²) >= 11 is 0. The van der Waals surface area contributed by atoms with Crippen molar-refractivity contribution in [3.63, 3.8) is 0 Å². The van der Waals surface area contributed by atoms with Crippen LogP contribution in [0.25, 0.3) is 0 Å². The van der Waals surface area contributed by atoms with E-state index in [1.807, 2.05) is 33.3 Å². The fourth-order valence-electron chi connectivity index (χ4n) is 8.24. The molecular weight excluding hydrogens is 928 g/mol. The maximum absolute atomic E-state index is 13.5. The number of phosphoric ester groups is 1. The van der Waals surface area contributed by atoms with Crippen molar-refractivity contribution in [2.24, 2.45) is 0 Å². The molecule has 0 radical (unpaired) electrons. The molecule has 0 aliphatic carbocycles. The molecule has 0 saturated carbocycles. The molecule has 73 heavy (non-hydrogen) atoms.